The van der Waals surface area contributed by atoms with E-state index in [-0.39, 0.29) is 41.9 Å². The normalized spacial score (nSPS) is 18.8. The zero-order valence-corrected chi connectivity index (χ0v) is 26.4. The Hall–Kier alpha value is -1.59. The van der Waals surface area contributed by atoms with Gasteiger partial charge < -0.3 is 14.8 Å². The number of hydrogen-bond donors (Lipinski definition) is 1. The Bertz CT molecular complexity index is 699. The van der Waals surface area contributed by atoms with Gasteiger partial charge in [-0.15, -0.1) is 0 Å². The van der Waals surface area contributed by atoms with Crippen LogP contribution in [0.4, 0.5) is 0 Å². The maximum atomic E-state index is 13.3. The van der Waals surface area contributed by atoms with E-state index < -0.39 is 11.5 Å². The van der Waals surface area contributed by atoms with E-state index in [1.54, 1.807) is 0 Å². The first-order chi connectivity index (χ1) is 18.5. The van der Waals surface area contributed by atoms with Crippen molar-refractivity contribution in [3.8, 4) is 0 Å². The summed E-state index contributed by atoms with van der Waals surface area (Å²) in [6, 6.07) is -0.670. The van der Waals surface area contributed by atoms with Crippen LogP contribution in [-0.2, 0) is 23.9 Å². The summed E-state index contributed by atoms with van der Waals surface area (Å²) >= 11 is 0. The van der Waals surface area contributed by atoms with Gasteiger partial charge in [-0.25, -0.2) is 4.79 Å². The van der Waals surface area contributed by atoms with E-state index in [4.69, 9.17) is 9.47 Å². The van der Waals surface area contributed by atoms with Gasteiger partial charge >= 0.3 is 11.9 Å². The zero-order valence-electron chi connectivity index (χ0n) is 26.4. The lowest BCUT2D eigenvalue weighted by molar-refractivity contribution is -0.190. The lowest BCUT2D eigenvalue weighted by Crippen LogP contribution is -2.49. The van der Waals surface area contributed by atoms with Crippen molar-refractivity contribution in [2.24, 2.45) is 17.3 Å². The highest BCUT2D eigenvalue weighted by molar-refractivity contribution is 5.87. The molecule has 1 aliphatic rings. The lowest BCUT2D eigenvalue weighted by Gasteiger charge is -2.37. The monoisotopic (exact) mass is 551 g/mol. The van der Waals surface area contributed by atoms with Crippen molar-refractivity contribution in [1.82, 2.24) is 5.32 Å². The second kappa shape index (κ2) is 19.5. The Labute approximate surface area is 240 Å². The van der Waals surface area contributed by atoms with Gasteiger partial charge in [0.2, 0.25) is 5.91 Å². The second-order valence-electron chi connectivity index (χ2n) is 13.2. The molecule has 1 amide bonds. The summed E-state index contributed by atoms with van der Waals surface area (Å²) in [4.78, 5) is 38.2. The zero-order chi connectivity index (χ0) is 29.3. The van der Waals surface area contributed by atoms with Crippen molar-refractivity contribution in [3.63, 3.8) is 0 Å². The molecule has 1 aliphatic heterocycles. The van der Waals surface area contributed by atoms with Gasteiger partial charge in [0, 0.05) is 11.8 Å². The van der Waals surface area contributed by atoms with Crippen LogP contribution in [0.25, 0.3) is 0 Å². The molecule has 6 nitrogen and oxygen atoms in total. The molecule has 0 aromatic heterocycles. The fourth-order valence-electron chi connectivity index (χ4n) is 5.18. The Morgan fingerprint density at radius 2 is 1.41 bits per heavy atom. The molecule has 39 heavy (non-hydrogen) atoms. The van der Waals surface area contributed by atoms with Gasteiger partial charge in [0.15, 0.2) is 0 Å². The van der Waals surface area contributed by atoms with Crippen molar-refractivity contribution in [1.29, 1.82) is 0 Å². The van der Waals surface area contributed by atoms with Gasteiger partial charge in [-0.3, -0.25) is 9.59 Å². The van der Waals surface area contributed by atoms with Crippen LogP contribution in [0, 0.1) is 17.3 Å². The van der Waals surface area contributed by atoms with E-state index >= 15 is 0 Å². The van der Waals surface area contributed by atoms with Crippen LogP contribution in [0.5, 0.6) is 0 Å². The molecule has 4 unspecified atom stereocenters. The lowest BCUT2D eigenvalue weighted by atomic mass is 9.86. The van der Waals surface area contributed by atoms with E-state index in [0.29, 0.717) is 12.8 Å². The Balaban J connectivity index is 2.75. The minimum atomic E-state index is -0.670. The van der Waals surface area contributed by atoms with Gasteiger partial charge in [0.05, 0.1) is 5.92 Å². The van der Waals surface area contributed by atoms with Crippen molar-refractivity contribution in [2.45, 2.75) is 176 Å². The largest absolute Gasteiger partial charge is 0.461 e. The van der Waals surface area contributed by atoms with E-state index in [9.17, 15) is 14.4 Å². The average Bonchev–Trinajstić information content (AvgIpc) is 2.85. The van der Waals surface area contributed by atoms with Crippen LogP contribution >= 0.6 is 0 Å². The highest BCUT2D eigenvalue weighted by atomic mass is 16.6. The fourth-order valence-corrected chi connectivity index (χ4v) is 5.18. The number of carbonyl (C=O) groups is 3. The van der Waals surface area contributed by atoms with Crippen LogP contribution < -0.4 is 5.32 Å². The number of amides is 1. The molecule has 1 saturated heterocycles. The van der Waals surface area contributed by atoms with Crippen LogP contribution in [0.15, 0.2) is 0 Å². The molecule has 0 bridgehead atoms. The molecule has 6 heteroatoms. The number of carbonyl (C=O) groups excluding carboxylic acids is 3. The number of cyclic esters (lactones) is 1. The number of hydrogen-bond acceptors (Lipinski definition) is 5. The summed E-state index contributed by atoms with van der Waals surface area (Å²) in [7, 11) is 0. The Morgan fingerprint density at radius 3 is 1.92 bits per heavy atom. The van der Waals surface area contributed by atoms with Crippen LogP contribution in [0.3, 0.4) is 0 Å². The molecule has 0 aromatic rings. The summed E-state index contributed by atoms with van der Waals surface area (Å²) in [6.45, 7) is 14.0. The maximum Gasteiger partial charge on any atom is 0.328 e. The van der Waals surface area contributed by atoms with E-state index in [0.717, 1.165) is 38.5 Å². The SMILES string of the molecule is CCCCCCCCCCCC(CC1OC(=O)C1CCCCCC)OC(=O)C(CC(C)C)NC(=O)C(C)(C)C. The quantitative estimate of drug-likeness (QED) is 0.108. The Morgan fingerprint density at radius 1 is 0.872 bits per heavy atom. The van der Waals surface area contributed by atoms with Crippen molar-refractivity contribution in [2.75, 3.05) is 0 Å². The molecule has 1 N–H and O–H groups in total. The number of ether oxygens (including phenoxy) is 2. The molecule has 0 spiro atoms. The first-order valence-electron chi connectivity index (χ1n) is 16.2. The molecule has 0 aromatic carbocycles. The maximum absolute atomic E-state index is 13.3. The number of nitrogens with one attached hydrogen (secondary N) is 1. The van der Waals surface area contributed by atoms with Gasteiger partial charge in [-0.05, 0) is 31.6 Å². The first-order valence-corrected chi connectivity index (χ1v) is 16.2. The molecule has 1 rings (SSSR count). The molecule has 0 radical (unpaired) electrons. The molecular weight excluding hydrogens is 490 g/mol. The summed E-state index contributed by atoms with van der Waals surface area (Å²) in [5.74, 6) is -0.482. The van der Waals surface area contributed by atoms with E-state index in [1.165, 1.54) is 57.8 Å². The molecule has 1 fully saturated rings. The first kappa shape index (κ1) is 35.4. The minimum absolute atomic E-state index is 0.0850. The standard InChI is InChI=1S/C33H61NO5/c1-8-10-12-14-15-16-17-18-19-21-26(24-29-27(30(35)39-29)22-20-13-11-9-2)38-31(36)28(23-25(3)4)34-32(37)33(5,6)7/h25-29H,8-24H2,1-7H3,(H,34,37). The average molecular weight is 552 g/mol. The van der Waals surface area contributed by atoms with Crippen LogP contribution in [0.2, 0.25) is 0 Å². The molecule has 1 heterocycles. The third kappa shape index (κ3) is 15.1. The summed E-state index contributed by atoms with van der Waals surface area (Å²) in [6.07, 6.45) is 17.8. The van der Waals surface area contributed by atoms with Gasteiger partial charge in [-0.1, -0.05) is 126 Å². The topological polar surface area (TPSA) is 81.7 Å². The fraction of sp³-hybridized carbons (Fsp3) is 0.909. The third-order valence-corrected chi connectivity index (χ3v) is 7.77. The summed E-state index contributed by atoms with van der Waals surface area (Å²) < 4.78 is 11.6. The molecule has 228 valence electrons. The number of unbranched alkanes of at least 4 members (excludes halogenated alkanes) is 11. The molecular formula is C33H61NO5. The van der Waals surface area contributed by atoms with Crippen LogP contribution in [0.1, 0.15) is 158 Å². The predicted molar refractivity (Wildman–Crippen MR) is 159 cm³/mol. The second-order valence-corrected chi connectivity index (χ2v) is 13.2. The van der Waals surface area contributed by atoms with Crippen molar-refractivity contribution in [3.05, 3.63) is 0 Å². The smallest absolute Gasteiger partial charge is 0.328 e. The van der Waals surface area contributed by atoms with Crippen molar-refractivity contribution >= 4 is 17.8 Å². The minimum Gasteiger partial charge on any atom is -0.461 e. The number of rotatable bonds is 22. The van der Waals surface area contributed by atoms with E-state index in [1.807, 2.05) is 34.6 Å². The van der Waals surface area contributed by atoms with Gasteiger partial charge in [-0.2, -0.15) is 0 Å². The molecule has 0 aliphatic carbocycles. The van der Waals surface area contributed by atoms with Gasteiger partial charge in [0.25, 0.3) is 0 Å². The molecule has 4 atom stereocenters. The highest BCUT2D eigenvalue weighted by Crippen LogP contribution is 2.33. The Kier molecular flexibility index (Phi) is 17.7. The predicted octanol–water partition coefficient (Wildman–Crippen LogP) is 8.30. The van der Waals surface area contributed by atoms with E-state index in [2.05, 4.69) is 19.2 Å². The van der Waals surface area contributed by atoms with Crippen LogP contribution in [-0.4, -0.2) is 36.1 Å². The highest BCUT2D eigenvalue weighted by Gasteiger charge is 2.43. The summed E-state index contributed by atoms with van der Waals surface area (Å²) in [5.41, 5.74) is -0.587. The van der Waals surface area contributed by atoms with Gasteiger partial charge in [0.1, 0.15) is 18.2 Å². The summed E-state index contributed by atoms with van der Waals surface area (Å²) in [5, 5.41) is 2.94. The third-order valence-electron chi connectivity index (χ3n) is 7.77. The molecule has 0 saturated carbocycles. The van der Waals surface area contributed by atoms with Crippen molar-refractivity contribution < 1.29 is 23.9 Å². The number of esters is 2.